The molecule has 3 rings (SSSR count). The van der Waals surface area contributed by atoms with Gasteiger partial charge in [0.05, 0.1) is 0 Å². The van der Waals surface area contributed by atoms with E-state index in [2.05, 4.69) is 10.6 Å². The first-order valence-corrected chi connectivity index (χ1v) is 9.67. The standard InChI is InChI=1S/C20H28N4O3/c1-14-16(19(26)21-2)6-5-7-17(14)22-18(25)15-8-12-24(13-9-15)20(27)23-10-3-4-11-23/h5-7,15H,3-4,8-13H2,1-2H3,(H,21,26)(H,22,25). The highest BCUT2D eigenvalue weighted by molar-refractivity contribution is 5.99. The van der Waals surface area contributed by atoms with Gasteiger partial charge in [-0.1, -0.05) is 6.07 Å². The third kappa shape index (κ3) is 4.23. The number of hydrogen-bond donors (Lipinski definition) is 2. The molecule has 1 aromatic rings. The maximum Gasteiger partial charge on any atom is 0.319 e. The molecule has 0 spiro atoms. The van der Waals surface area contributed by atoms with Crippen molar-refractivity contribution in [2.75, 3.05) is 38.5 Å². The van der Waals surface area contributed by atoms with E-state index in [1.165, 1.54) is 0 Å². The van der Waals surface area contributed by atoms with Crippen LogP contribution in [0.25, 0.3) is 0 Å². The molecule has 2 aliphatic heterocycles. The summed E-state index contributed by atoms with van der Waals surface area (Å²) in [6.07, 6.45) is 3.50. The Kier molecular flexibility index (Phi) is 5.98. The van der Waals surface area contributed by atoms with Crippen LogP contribution in [0.5, 0.6) is 0 Å². The molecule has 0 atom stereocenters. The number of rotatable bonds is 3. The van der Waals surface area contributed by atoms with Gasteiger partial charge in [0.15, 0.2) is 0 Å². The zero-order chi connectivity index (χ0) is 19.4. The molecule has 0 aromatic heterocycles. The van der Waals surface area contributed by atoms with Crippen LogP contribution in [0.2, 0.25) is 0 Å². The van der Waals surface area contributed by atoms with Gasteiger partial charge in [-0.15, -0.1) is 0 Å². The van der Waals surface area contributed by atoms with Gasteiger partial charge in [0.1, 0.15) is 0 Å². The Hall–Kier alpha value is -2.57. The van der Waals surface area contributed by atoms with Crippen molar-refractivity contribution in [1.29, 1.82) is 0 Å². The number of likely N-dealkylation sites (tertiary alicyclic amines) is 2. The van der Waals surface area contributed by atoms with Crippen molar-refractivity contribution in [3.63, 3.8) is 0 Å². The van der Waals surface area contributed by atoms with Crippen LogP contribution in [-0.4, -0.2) is 60.9 Å². The number of amides is 4. The normalized spacial score (nSPS) is 17.7. The van der Waals surface area contributed by atoms with E-state index in [0.29, 0.717) is 37.2 Å². The average Bonchev–Trinajstić information content (AvgIpc) is 3.23. The summed E-state index contributed by atoms with van der Waals surface area (Å²) in [5.74, 6) is -0.326. The summed E-state index contributed by atoms with van der Waals surface area (Å²) >= 11 is 0. The second-order valence-electron chi connectivity index (χ2n) is 7.28. The summed E-state index contributed by atoms with van der Waals surface area (Å²) in [4.78, 5) is 40.8. The summed E-state index contributed by atoms with van der Waals surface area (Å²) in [6.45, 7) is 4.76. The van der Waals surface area contributed by atoms with Crippen LogP contribution in [0.3, 0.4) is 0 Å². The van der Waals surface area contributed by atoms with Gasteiger partial charge >= 0.3 is 6.03 Å². The van der Waals surface area contributed by atoms with Crippen LogP contribution in [0.15, 0.2) is 18.2 Å². The second kappa shape index (κ2) is 8.41. The summed E-state index contributed by atoms with van der Waals surface area (Å²) in [5.41, 5.74) is 1.98. The fraction of sp³-hybridized carbons (Fsp3) is 0.550. The largest absolute Gasteiger partial charge is 0.355 e. The van der Waals surface area contributed by atoms with Crippen LogP contribution in [-0.2, 0) is 4.79 Å². The molecule has 7 heteroatoms. The van der Waals surface area contributed by atoms with E-state index in [1.54, 1.807) is 19.2 Å². The molecule has 0 saturated carbocycles. The van der Waals surface area contributed by atoms with Crippen LogP contribution in [0, 0.1) is 12.8 Å². The molecule has 27 heavy (non-hydrogen) atoms. The SMILES string of the molecule is CNC(=O)c1cccc(NC(=O)C2CCN(C(=O)N3CCCC3)CC2)c1C. The molecule has 2 aliphatic rings. The molecule has 0 radical (unpaired) electrons. The first-order valence-electron chi connectivity index (χ1n) is 9.67. The van der Waals surface area contributed by atoms with E-state index in [-0.39, 0.29) is 23.8 Å². The van der Waals surface area contributed by atoms with Crippen molar-refractivity contribution in [1.82, 2.24) is 15.1 Å². The summed E-state index contributed by atoms with van der Waals surface area (Å²) in [7, 11) is 1.59. The van der Waals surface area contributed by atoms with Gasteiger partial charge in [-0.3, -0.25) is 9.59 Å². The first-order chi connectivity index (χ1) is 13.0. The van der Waals surface area contributed by atoms with Gasteiger partial charge in [0.2, 0.25) is 5.91 Å². The highest BCUT2D eigenvalue weighted by atomic mass is 16.2. The molecule has 146 valence electrons. The molecule has 1 aromatic carbocycles. The fourth-order valence-electron chi connectivity index (χ4n) is 3.83. The van der Waals surface area contributed by atoms with E-state index < -0.39 is 0 Å². The molecule has 0 bridgehead atoms. The minimum absolute atomic E-state index is 0.0413. The van der Waals surface area contributed by atoms with Crippen LogP contribution < -0.4 is 10.6 Å². The highest BCUT2D eigenvalue weighted by Crippen LogP contribution is 2.24. The molecule has 4 amide bonds. The molecule has 2 heterocycles. The van der Waals surface area contributed by atoms with Gasteiger partial charge in [0, 0.05) is 50.4 Å². The number of nitrogens with zero attached hydrogens (tertiary/aromatic N) is 2. The van der Waals surface area contributed by atoms with Crippen molar-refractivity contribution in [2.24, 2.45) is 5.92 Å². The van der Waals surface area contributed by atoms with Crippen molar-refractivity contribution in [3.8, 4) is 0 Å². The first kappa shape index (κ1) is 19.2. The minimum Gasteiger partial charge on any atom is -0.355 e. The van der Waals surface area contributed by atoms with Gasteiger partial charge < -0.3 is 20.4 Å². The van der Waals surface area contributed by atoms with Crippen LogP contribution in [0.4, 0.5) is 10.5 Å². The number of benzene rings is 1. The number of hydrogen-bond acceptors (Lipinski definition) is 3. The van der Waals surface area contributed by atoms with E-state index in [9.17, 15) is 14.4 Å². The van der Waals surface area contributed by atoms with Gasteiger partial charge in [0.25, 0.3) is 5.91 Å². The number of carbonyl (C=O) groups excluding carboxylic acids is 3. The fourth-order valence-corrected chi connectivity index (χ4v) is 3.83. The lowest BCUT2D eigenvalue weighted by atomic mass is 9.95. The predicted molar refractivity (Wildman–Crippen MR) is 104 cm³/mol. The molecule has 0 unspecified atom stereocenters. The zero-order valence-electron chi connectivity index (χ0n) is 16.1. The summed E-state index contributed by atoms with van der Waals surface area (Å²) < 4.78 is 0. The lowest BCUT2D eigenvalue weighted by molar-refractivity contribution is -0.121. The van der Waals surface area contributed by atoms with E-state index in [4.69, 9.17) is 0 Å². The Morgan fingerprint density at radius 1 is 1.00 bits per heavy atom. The average molecular weight is 372 g/mol. The number of nitrogens with one attached hydrogen (secondary N) is 2. The van der Waals surface area contributed by atoms with Crippen molar-refractivity contribution >= 4 is 23.5 Å². The van der Waals surface area contributed by atoms with Crippen LogP contribution in [0.1, 0.15) is 41.6 Å². The Morgan fingerprint density at radius 2 is 1.63 bits per heavy atom. The monoisotopic (exact) mass is 372 g/mol. The molecule has 2 saturated heterocycles. The van der Waals surface area contributed by atoms with Crippen LogP contribution >= 0.6 is 0 Å². The Balaban J connectivity index is 1.57. The van der Waals surface area contributed by atoms with Crippen molar-refractivity contribution in [3.05, 3.63) is 29.3 Å². The minimum atomic E-state index is -0.169. The van der Waals surface area contributed by atoms with Crippen molar-refractivity contribution < 1.29 is 14.4 Å². The van der Waals surface area contributed by atoms with E-state index >= 15 is 0 Å². The zero-order valence-corrected chi connectivity index (χ0v) is 16.1. The summed E-state index contributed by atoms with van der Waals surface area (Å²) in [6, 6.07) is 5.43. The van der Waals surface area contributed by atoms with E-state index in [1.807, 2.05) is 22.8 Å². The molecular formula is C20H28N4O3. The molecule has 2 N–H and O–H groups in total. The number of anilines is 1. The topological polar surface area (TPSA) is 81.8 Å². The maximum absolute atomic E-state index is 12.7. The lowest BCUT2D eigenvalue weighted by Gasteiger charge is -2.34. The third-order valence-corrected chi connectivity index (χ3v) is 5.58. The predicted octanol–water partition coefficient (Wildman–Crippen LogP) is 2.22. The molecule has 7 nitrogen and oxygen atoms in total. The van der Waals surface area contributed by atoms with Gasteiger partial charge in [-0.25, -0.2) is 4.79 Å². The second-order valence-corrected chi connectivity index (χ2v) is 7.28. The quantitative estimate of drug-likeness (QED) is 0.854. The number of urea groups is 1. The lowest BCUT2D eigenvalue weighted by Crippen LogP contribution is -2.47. The smallest absolute Gasteiger partial charge is 0.319 e. The Labute approximate surface area is 160 Å². The molecular weight excluding hydrogens is 344 g/mol. The highest BCUT2D eigenvalue weighted by Gasteiger charge is 2.30. The van der Waals surface area contributed by atoms with Gasteiger partial charge in [-0.05, 0) is 50.3 Å². The van der Waals surface area contributed by atoms with Crippen molar-refractivity contribution in [2.45, 2.75) is 32.6 Å². The van der Waals surface area contributed by atoms with Gasteiger partial charge in [-0.2, -0.15) is 0 Å². The molecule has 0 aliphatic carbocycles. The number of piperidine rings is 1. The Morgan fingerprint density at radius 3 is 2.26 bits per heavy atom. The molecule has 2 fully saturated rings. The summed E-state index contributed by atoms with van der Waals surface area (Å²) in [5, 5.41) is 5.58. The third-order valence-electron chi connectivity index (χ3n) is 5.58. The maximum atomic E-state index is 12.7. The Bertz CT molecular complexity index is 720. The number of carbonyl (C=O) groups is 3. The van der Waals surface area contributed by atoms with E-state index in [0.717, 1.165) is 31.5 Å².